The van der Waals surface area contributed by atoms with Crippen LogP contribution in [0.2, 0.25) is 0 Å². The maximum atomic E-state index is 11.9. The Hall–Kier alpha value is -1.62. The van der Waals surface area contributed by atoms with E-state index in [1.807, 2.05) is 24.1 Å². The largest absolute Gasteiger partial charge is 0.354 e. The van der Waals surface area contributed by atoms with Crippen molar-refractivity contribution in [1.29, 1.82) is 0 Å². The van der Waals surface area contributed by atoms with Crippen molar-refractivity contribution in [3.05, 3.63) is 23.9 Å². The zero-order valence-electron chi connectivity index (χ0n) is 12.9. The molecule has 1 aromatic heterocycles. The highest BCUT2D eigenvalue weighted by Gasteiger charge is 2.12. The lowest BCUT2D eigenvalue weighted by atomic mass is 10.2. The molecule has 0 saturated heterocycles. The molecule has 0 fully saturated rings. The van der Waals surface area contributed by atoms with Crippen LogP contribution in [0, 0.1) is 5.92 Å². The number of carbonyl (C=O) groups is 1. The number of aromatic nitrogens is 1. The van der Waals surface area contributed by atoms with Crippen LogP contribution < -0.4 is 15.5 Å². The Morgan fingerprint density at radius 3 is 2.85 bits per heavy atom. The van der Waals surface area contributed by atoms with Crippen LogP contribution in [0.5, 0.6) is 0 Å². The lowest BCUT2D eigenvalue weighted by molar-refractivity contribution is -0.119. The van der Waals surface area contributed by atoms with Crippen LogP contribution in [0.1, 0.15) is 26.3 Å². The van der Waals surface area contributed by atoms with Crippen molar-refractivity contribution >= 4 is 11.7 Å². The SMILES string of the molecule is CCNCc1cccnc1N(C)CC(=O)NCC(C)C. The molecule has 0 spiro atoms. The van der Waals surface area contributed by atoms with Gasteiger partial charge in [-0.25, -0.2) is 4.98 Å². The van der Waals surface area contributed by atoms with Gasteiger partial charge in [0, 0.05) is 31.9 Å². The second kappa shape index (κ2) is 8.53. The molecule has 0 saturated carbocycles. The van der Waals surface area contributed by atoms with Gasteiger partial charge in [-0.1, -0.05) is 26.8 Å². The molecule has 0 radical (unpaired) electrons. The van der Waals surface area contributed by atoms with Gasteiger partial charge < -0.3 is 15.5 Å². The Balaban J connectivity index is 2.62. The van der Waals surface area contributed by atoms with Crippen LogP contribution >= 0.6 is 0 Å². The van der Waals surface area contributed by atoms with Crippen LogP contribution in [0.4, 0.5) is 5.82 Å². The average Bonchev–Trinajstić information content (AvgIpc) is 2.43. The molecule has 0 aliphatic heterocycles. The summed E-state index contributed by atoms with van der Waals surface area (Å²) in [6, 6.07) is 3.95. The lowest BCUT2D eigenvalue weighted by Crippen LogP contribution is -2.37. The highest BCUT2D eigenvalue weighted by Crippen LogP contribution is 2.15. The number of nitrogens with zero attached hydrogens (tertiary/aromatic N) is 2. The molecule has 0 aliphatic rings. The Bertz CT molecular complexity index is 420. The second-order valence-corrected chi connectivity index (χ2v) is 5.32. The Labute approximate surface area is 121 Å². The van der Waals surface area contributed by atoms with Crippen molar-refractivity contribution in [3.63, 3.8) is 0 Å². The van der Waals surface area contributed by atoms with Gasteiger partial charge in [-0.2, -0.15) is 0 Å². The third kappa shape index (κ3) is 5.57. The molecule has 1 amide bonds. The summed E-state index contributed by atoms with van der Waals surface area (Å²) < 4.78 is 0. The fraction of sp³-hybridized carbons (Fsp3) is 0.600. The number of nitrogens with one attached hydrogen (secondary N) is 2. The summed E-state index contributed by atoms with van der Waals surface area (Å²) in [7, 11) is 1.90. The first-order valence-corrected chi connectivity index (χ1v) is 7.17. The minimum atomic E-state index is 0.0289. The van der Waals surface area contributed by atoms with Crippen molar-refractivity contribution in [2.24, 2.45) is 5.92 Å². The third-order valence-electron chi connectivity index (χ3n) is 2.88. The maximum Gasteiger partial charge on any atom is 0.239 e. The van der Waals surface area contributed by atoms with E-state index in [9.17, 15) is 4.79 Å². The summed E-state index contributed by atoms with van der Waals surface area (Å²) in [6.45, 7) is 8.93. The molecular weight excluding hydrogens is 252 g/mol. The maximum absolute atomic E-state index is 11.9. The van der Waals surface area contributed by atoms with Crippen LogP contribution in [0.15, 0.2) is 18.3 Å². The van der Waals surface area contributed by atoms with Crippen LogP contribution in [0.3, 0.4) is 0 Å². The van der Waals surface area contributed by atoms with Crippen molar-refractivity contribution in [1.82, 2.24) is 15.6 Å². The number of likely N-dealkylation sites (N-methyl/N-ethyl adjacent to an activating group) is 1. The molecule has 112 valence electrons. The standard InChI is InChI=1S/C15H26N4O/c1-5-16-10-13-7-6-8-17-15(13)19(4)11-14(20)18-9-12(2)3/h6-8,12,16H,5,9-11H2,1-4H3,(H,18,20). The number of hydrogen-bond acceptors (Lipinski definition) is 4. The number of pyridine rings is 1. The molecule has 0 unspecified atom stereocenters. The molecule has 1 aromatic rings. The Morgan fingerprint density at radius 1 is 1.45 bits per heavy atom. The van der Waals surface area contributed by atoms with E-state index >= 15 is 0 Å². The topological polar surface area (TPSA) is 57.3 Å². The molecule has 1 heterocycles. The van der Waals surface area contributed by atoms with Crippen molar-refractivity contribution < 1.29 is 4.79 Å². The first kappa shape index (κ1) is 16.4. The number of carbonyl (C=O) groups excluding carboxylic acids is 1. The quantitative estimate of drug-likeness (QED) is 0.755. The molecule has 0 atom stereocenters. The first-order chi connectivity index (χ1) is 9.54. The molecule has 0 bridgehead atoms. The molecule has 1 rings (SSSR count). The van der Waals surface area contributed by atoms with Crippen LogP contribution in [-0.2, 0) is 11.3 Å². The highest BCUT2D eigenvalue weighted by molar-refractivity contribution is 5.81. The molecule has 5 heteroatoms. The van der Waals surface area contributed by atoms with E-state index in [1.54, 1.807) is 6.20 Å². The summed E-state index contributed by atoms with van der Waals surface area (Å²) in [4.78, 5) is 18.1. The van der Waals surface area contributed by atoms with Gasteiger partial charge in [0.15, 0.2) is 0 Å². The molecule has 2 N–H and O–H groups in total. The third-order valence-corrected chi connectivity index (χ3v) is 2.88. The van der Waals surface area contributed by atoms with Crippen molar-refractivity contribution in [3.8, 4) is 0 Å². The minimum Gasteiger partial charge on any atom is -0.354 e. The Kier molecular flexibility index (Phi) is 7.01. The number of hydrogen-bond donors (Lipinski definition) is 2. The second-order valence-electron chi connectivity index (χ2n) is 5.32. The van der Waals surface area contributed by atoms with Gasteiger partial charge >= 0.3 is 0 Å². The van der Waals surface area contributed by atoms with Crippen molar-refractivity contribution in [2.45, 2.75) is 27.3 Å². The fourth-order valence-corrected chi connectivity index (χ4v) is 1.84. The summed E-state index contributed by atoms with van der Waals surface area (Å²) in [6.07, 6.45) is 1.76. The molecule has 0 aliphatic carbocycles. The van der Waals surface area contributed by atoms with E-state index < -0.39 is 0 Å². The average molecular weight is 278 g/mol. The van der Waals surface area contributed by atoms with Gasteiger partial charge in [0.1, 0.15) is 5.82 Å². The van der Waals surface area contributed by atoms with E-state index in [1.165, 1.54) is 0 Å². The molecule has 0 aromatic carbocycles. The highest BCUT2D eigenvalue weighted by atomic mass is 16.2. The monoisotopic (exact) mass is 278 g/mol. The van der Waals surface area contributed by atoms with E-state index in [0.29, 0.717) is 19.0 Å². The molecule has 5 nitrogen and oxygen atoms in total. The Morgan fingerprint density at radius 2 is 2.20 bits per heavy atom. The minimum absolute atomic E-state index is 0.0289. The predicted molar refractivity (Wildman–Crippen MR) is 82.7 cm³/mol. The number of anilines is 1. The zero-order chi connectivity index (χ0) is 15.0. The normalized spacial score (nSPS) is 10.7. The van der Waals surface area contributed by atoms with Crippen LogP contribution in [-0.4, -0.2) is 37.6 Å². The first-order valence-electron chi connectivity index (χ1n) is 7.17. The van der Waals surface area contributed by atoms with E-state index in [-0.39, 0.29) is 5.91 Å². The molecular formula is C15H26N4O. The van der Waals surface area contributed by atoms with E-state index in [2.05, 4.69) is 36.4 Å². The fourth-order valence-electron chi connectivity index (χ4n) is 1.84. The lowest BCUT2D eigenvalue weighted by Gasteiger charge is -2.21. The predicted octanol–water partition coefficient (Wildman–Crippen LogP) is 1.40. The summed E-state index contributed by atoms with van der Waals surface area (Å²) >= 11 is 0. The van der Waals surface area contributed by atoms with Gasteiger partial charge in [0.05, 0.1) is 6.54 Å². The number of rotatable bonds is 8. The van der Waals surface area contributed by atoms with Gasteiger partial charge in [0.2, 0.25) is 5.91 Å². The zero-order valence-corrected chi connectivity index (χ0v) is 12.9. The van der Waals surface area contributed by atoms with E-state index in [0.717, 1.165) is 24.5 Å². The summed E-state index contributed by atoms with van der Waals surface area (Å²) in [5, 5.41) is 6.21. The van der Waals surface area contributed by atoms with Gasteiger partial charge in [-0.15, -0.1) is 0 Å². The van der Waals surface area contributed by atoms with Crippen LogP contribution in [0.25, 0.3) is 0 Å². The summed E-state index contributed by atoms with van der Waals surface area (Å²) in [5.74, 6) is 1.35. The summed E-state index contributed by atoms with van der Waals surface area (Å²) in [5.41, 5.74) is 1.11. The van der Waals surface area contributed by atoms with Crippen molar-refractivity contribution in [2.75, 3.05) is 31.6 Å². The molecule has 20 heavy (non-hydrogen) atoms. The van der Waals surface area contributed by atoms with Gasteiger partial charge in [-0.3, -0.25) is 4.79 Å². The van der Waals surface area contributed by atoms with Gasteiger partial charge in [-0.05, 0) is 18.5 Å². The van der Waals surface area contributed by atoms with E-state index in [4.69, 9.17) is 0 Å². The van der Waals surface area contributed by atoms with Gasteiger partial charge in [0.25, 0.3) is 0 Å². The smallest absolute Gasteiger partial charge is 0.239 e. The number of amides is 1.